The van der Waals surface area contributed by atoms with Gasteiger partial charge in [0.05, 0.1) is 0 Å². The summed E-state index contributed by atoms with van der Waals surface area (Å²) in [7, 11) is 0. The summed E-state index contributed by atoms with van der Waals surface area (Å²) in [6.45, 7) is 0. The lowest BCUT2D eigenvalue weighted by molar-refractivity contribution is -0.237. The van der Waals surface area contributed by atoms with Gasteiger partial charge in [-0.2, -0.15) is 0 Å². The maximum absolute atomic E-state index is 9.69. The van der Waals surface area contributed by atoms with E-state index < -0.39 is 6.43 Å². The monoisotopic (exact) mass is 167 g/mol. The third-order valence-corrected chi connectivity index (χ3v) is 0.566. The Balaban J connectivity index is 0.000000187. The molecule has 0 saturated heterocycles. The van der Waals surface area contributed by atoms with Crippen molar-refractivity contribution in [1.82, 2.24) is 4.98 Å². The molecule has 0 spiro atoms. The highest BCUT2D eigenvalue weighted by molar-refractivity contribution is 4.88. The van der Waals surface area contributed by atoms with E-state index in [2.05, 4.69) is 4.98 Å². The molecule has 0 aromatic carbocycles. The largest absolute Gasteiger partial charge is 0.559 e. The standard InChI is InChI=1S/C5H5N.CF4/c1-2-4-6-5-3-1;2-1(3,4)5/h1-5H;. The zero-order valence-electron chi connectivity index (χ0n) is 5.35. The second kappa shape index (κ2) is 4.65. The molecule has 0 unspecified atom stereocenters. The molecule has 1 nitrogen and oxygen atoms in total. The number of pyridine rings is 1. The van der Waals surface area contributed by atoms with Crippen molar-refractivity contribution in [2.75, 3.05) is 0 Å². The molecule has 0 aliphatic rings. The summed E-state index contributed by atoms with van der Waals surface area (Å²) in [5, 5.41) is 0. The van der Waals surface area contributed by atoms with Crippen LogP contribution in [0.1, 0.15) is 0 Å². The second-order valence-corrected chi connectivity index (χ2v) is 1.45. The van der Waals surface area contributed by atoms with E-state index >= 15 is 0 Å². The van der Waals surface area contributed by atoms with E-state index in [9.17, 15) is 17.6 Å². The van der Waals surface area contributed by atoms with Crippen LogP contribution in [-0.4, -0.2) is 11.4 Å². The Morgan fingerprint density at radius 2 is 1.18 bits per heavy atom. The van der Waals surface area contributed by atoms with Crippen LogP contribution in [0.15, 0.2) is 30.6 Å². The summed E-state index contributed by atoms with van der Waals surface area (Å²) in [6.07, 6.45) is -2.00. The maximum Gasteiger partial charge on any atom is 0.559 e. The van der Waals surface area contributed by atoms with Crippen molar-refractivity contribution in [3.8, 4) is 0 Å². The van der Waals surface area contributed by atoms with Gasteiger partial charge in [0.1, 0.15) is 0 Å². The van der Waals surface area contributed by atoms with Crippen LogP contribution in [0.3, 0.4) is 0 Å². The van der Waals surface area contributed by atoms with Crippen molar-refractivity contribution in [2.45, 2.75) is 6.43 Å². The van der Waals surface area contributed by atoms with E-state index in [0.717, 1.165) is 0 Å². The van der Waals surface area contributed by atoms with Gasteiger partial charge in [-0.15, -0.1) is 17.6 Å². The molecule has 1 aromatic rings. The lowest BCUT2D eigenvalue weighted by atomic mass is 10.5. The average molecular weight is 167 g/mol. The van der Waals surface area contributed by atoms with Crippen molar-refractivity contribution in [1.29, 1.82) is 0 Å². The molecule has 5 heteroatoms. The molecule has 0 fully saturated rings. The molecule has 0 saturated carbocycles. The zero-order valence-corrected chi connectivity index (χ0v) is 5.35. The van der Waals surface area contributed by atoms with Gasteiger partial charge in [0, 0.05) is 12.4 Å². The van der Waals surface area contributed by atoms with Crippen molar-refractivity contribution in [2.24, 2.45) is 0 Å². The highest BCUT2D eigenvalue weighted by atomic mass is 19.5. The molecule has 1 heterocycles. The Hall–Kier alpha value is -1.13. The molecule has 0 amide bonds. The van der Waals surface area contributed by atoms with Gasteiger partial charge in [-0.25, -0.2) is 0 Å². The van der Waals surface area contributed by atoms with E-state index in [1.165, 1.54) is 0 Å². The minimum atomic E-state index is -5.50. The van der Waals surface area contributed by atoms with E-state index in [4.69, 9.17) is 0 Å². The van der Waals surface area contributed by atoms with E-state index in [1.54, 1.807) is 12.4 Å². The molecule has 0 bridgehead atoms. The first-order valence-electron chi connectivity index (χ1n) is 2.61. The lowest BCUT2D eigenvalue weighted by Gasteiger charge is -1.82. The third kappa shape index (κ3) is 17.7. The Morgan fingerprint density at radius 1 is 0.818 bits per heavy atom. The minimum Gasteiger partial charge on any atom is -0.265 e. The molecule has 0 atom stereocenters. The fourth-order valence-electron chi connectivity index (χ4n) is 0.313. The number of aromatic nitrogens is 1. The van der Waals surface area contributed by atoms with Gasteiger partial charge in [-0.05, 0) is 12.1 Å². The third-order valence-electron chi connectivity index (χ3n) is 0.566. The van der Waals surface area contributed by atoms with E-state index in [-0.39, 0.29) is 0 Å². The molecule has 1 aromatic heterocycles. The normalized spacial score (nSPS) is 9.82. The predicted octanol–water partition coefficient (Wildman–Crippen LogP) is 2.56. The van der Waals surface area contributed by atoms with Crippen molar-refractivity contribution < 1.29 is 17.6 Å². The summed E-state index contributed by atoms with van der Waals surface area (Å²) in [4.78, 5) is 3.78. The minimum absolute atomic E-state index is 1.75. The summed E-state index contributed by atoms with van der Waals surface area (Å²) in [5.74, 6) is 0. The van der Waals surface area contributed by atoms with Gasteiger partial charge in [0.25, 0.3) is 0 Å². The van der Waals surface area contributed by atoms with Crippen LogP contribution in [0.25, 0.3) is 0 Å². The molecule has 1 rings (SSSR count). The highest BCUT2D eigenvalue weighted by Crippen LogP contribution is 2.13. The maximum atomic E-state index is 9.69. The molecule has 0 radical (unpaired) electrons. The van der Waals surface area contributed by atoms with Crippen LogP contribution in [0.5, 0.6) is 0 Å². The number of nitrogens with zero attached hydrogens (tertiary/aromatic N) is 1. The van der Waals surface area contributed by atoms with Crippen molar-refractivity contribution >= 4 is 0 Å². The number of alkyl halides is 4. The Morgan fingerprint density at radius 3 is 1.27 bits per heavy atom. The first kappa shape index (κ1) is 9.87. The predicted molar refractivity (Wildman–Crippen MR) is 31.4 cm³/mol. The molecule has 62 valence electrons. The fraction of sp³-hybridized carbons (Fsp3) is 0.167. The first-order valence-corrected chi connectivity index (χ1v) is 2.61. The lowest BCUT2D eigenvalue weighted by Crippen LogP contribution is -1.92. The van der Waals surface area contributed by atoms with Crippen LogP contribution >= 0.6 is 0 Å². The van der Waals surface area contributed by atoms with Gasteiger partial charge < -0.3 is 0 Å². The number of halogens is 4. The van der Waals surface area contributed by atoms with Gasteiger partial charge in [-0.1, -0.05) is 6.07 Å². The summed E-state index contributed by atoms with van der Waals surface area (Å²) >= 11 is 0. The Labute approximate surface area is 60.7 Å². The average Bonchev–Trinajstić information content (AvgIpc) is 1.88. The van der Waals surface area contributed by atoms with E-state index in [1.807, 2.05) is 18.2 Å². The number of hydrogen-bond acceptors (Lipinski definition) is 1. The quantitative estimate of drug-likeness (QED) is 0.541. The molecule has 0 N–H and O–H groups in total. The summed E-state index contributed by atoms with van der Waals surface area (Å²) in [5.41, 5.74) is 0. The highest BCUT2D eigenvalue weighted by Gasteiger charge is 2.24. The molecule has 11 heavy (non-hydrogen) atoms. The Kier molecular flexibility index (Phi) is 4.17. The number of rotatable bonds is 0. The van der Waals surface area contributed by atoms with Crippen LogP contribution < -0.4 is 0 Å². The fourth-order valence-corrected chi connectivity index (χ4v) is 0.313. The molecular weight excluding hydrogens is 162 g/mol. The van der Waals surface area contributed by atoms with Gasteiger partial charge in [0.15, 0.2) is 0 Å². The summed E-state index contributed by atoms with van der Waals surface area (Å²) in [6, 6.07) is 5.72. The van der Waals surface area contributed by atoms with Crippen LogP contribution in [0, 0.1) is 0 Å². The van der Waals surface area contributed by atoms with Gasteiger partial charge >= 0.3 is 6.43 Å². The zero-order chi connectivity index (χ0) is 8.74. The molecular formula is C6H5F4N. The Bertz CT molecular complexity index is 139. The van der Waals surface area contributed by atoms with Gasteiger partial charge in [-0.3, -0.25) is 4.98 Å². The van der Waals surface area contributed by atoms with E-state index in [0.29, 0.717) is 0 Å². The SMILES string of the molecule is FC(F)(F)F.c1ccncc1. The van der Waals surface area contributed by atoms with Crippen molar-refractivity contribution in [3.63, 3.8) is 0 Å². The molecule has 0 aliphatic heterocycles. The summed E-state index contributed by atoms with van der Waals surface area (Å²) < 4.78 is 38.8. The van der Waals surface area contributed by atoms with Crippen molar-refractivity contribution in [3.05, 3.63) is 30.6 Å². The van der Waals surface area contributed by atoms with Crippen LogP contribution in [0.4, 0.5) is 17.6 Å². The van der Waals surface area contributed by atoms with Crippen LogP contribution in [0.2, 0.25) is 0 Å². The molecule has 0 aliphatic carbocycles. The van der Waals surface area contributed by atoms with Gasteiger partial charge in [0.2, 0.25) is 0 Å². The van der Waals surface area contributed by atoms with Crippen LogP contribution in [-0.2, 0) is 0 Å². The number of hydrogen-bond donors (Lipinski definition) is 0. The second-order valence-electron chi connectivity index (χ2n) is 1.45. The first-order chi connectivity index (χ1) is 5.00. The smallest absolute Gasteiger partial charge is 0.265 e. The topological polar surface area (TPSA) is 12.9 Å².